The van der Waals surface area contributed by atoms with Gasteiger partial charge in [0.25, 0.3) is 0 Å². The van der Waals surface area contributed by atoms with Gasteiger partial charge >= 0.3 is 0 Å². The van der Waals surface area contributed by atoms with Crippen LogP contribution in [-0.2, 0) is 0 Å². The summed E-state index contributed by atoms with van der Waals surface area (Å²) in [7, 11) is 1.47. The van der Waals surface area contributed by atoms with E-state index >= 15 is 0 Å². The minimum absolute atomic E-state index is 0.953. The van der Waals surface area contributed by atoms with Gasteiger partial charge in [0.15, 0.2) is 0 Å². The summed E-state index contributed by atoms with van der Waals surface area (Å²) in [6.45, 7) is 9.66. The van der Waals surface area contributed by atoms with E-state index in [0.717, 1.165) is 11.8 Å². The van der Waals surface area contributed by atoms with Gasteiger partial charge in [-0.1, -0.05) is 270 Å². The third kappa shape index (κ3) is 38.2. The second-order valence-corrected chi connectivity index (χ2v) is 15.3. The molecule has 0 heterocycles. The maximum Gasteiger partial charge on any atom is 0.121 e. The summed E-state index contributed by atoms with van der Waals surface area (Å²) in [6.07, 6.45) is 53.1. The molecule has 2 atom stereocenters. The van der Waals surface area contributed by atoms with Gasteiger partial charge in [0.2, 0.25) is 0 Å². The van der Waals surface area contributed by atoms with E-state index in [1.165, 1.54) is 238 Å². The van der Waals surface area contributed by atoms with Crippen LogP contribution >= 0.6 is 0 Å². The van der Waals surface area contributed by atoms with Crippen LogP contribution in [0.4, 0.5) is 0 Å². The lowest BCUT2D eigenvalue weighted by molar-refractivity contribution is 0.493. The molecular weight excluding hydrogens is 515 g/mol. The lowest BCUT2D eigenvalue weighted by Gasteiger charge is -2.13. The van der Waals surface area contributed by atoms with Crippen molar-refractivity contribution in [3.63, 3.8) is 0 Å². The highest BCUT2D eigenvalue weighted by Gasteiger charge is 2.07. The van der Waals surface area contributed by atoms with E-state index in [-0.39, 0.29) is 0 Å². The van der Waals surface area contributed by atoms with Crippen molar-refractivity contribution in [2.45, 2.75) is 259 Å². The highest BCUT2D eigenvalue weighted by molar-refractivity contribution is 6.35. The smallest absolute Gasteiger partial charge is 0.0749 e. The zero-order valence-corrected chi connectivity index (χ0v) is 31.3. The van der Waals surface area contributed by atoms with Crippen molar-refractivity contribution in [1.82, 2.24) is 0 Å². The molecule has 43 heavy (non-hydrogen) atoms. The fourth-order valence-electron chi connectivity index (χ4n) is 7.19. The van der Waals surface area contributed by atoms with Crippen LogP contribution in [0.5, 0.6) is 0 Å². The van der Waals surface area contributed by atoms with Crippen LogP contribution in [0.3, 0.4) is 0 Å². The molecule has 0 radical (unpaired) electrons. The average molecular weight is 603 g/mol. The Bertz CT molecular complexity index is 432. The van der Waals surface area contributed by atoms with Gasteiger partial charge in [-0.05, 0) is 0 Å². The van der Waals surface area contributed by atoms with Crippen molar-refractivity contribution in [3.8, 4) is 0 Å². The Hall–Kier alpha value is 0.0649. The normalized spacial score (nSPS) is 13.0. The van der Waals surface area contributed by atoms with E-state index in [9.17, 15) is 0 Å². The first-order valence-corrected chi connectivity index (χ1v) is 21.2. The maximum atomic E-state index is 2.52. The van der Waals surface area contributed by atoms with Gasteiger partial charge in [-0.3, -0.25) is 0 Å². The predicted molar refractivity (Wildman–Crippen MR) is 203 cm³/mol. The van der Waals surface area contributed by atoms with E-state index in [0.29, 0.717) is 0 Å². The second kappa shape index (κ2) is 38.2. The summed E-state index contributed by atoms with van der Waals surface area (Å²) in [4.78, 5) is 0. The number of rotatable bonds is 38. The molecule has 0 fully saturated rings. The lowest BCUT2D eigenvalue weighted by Crippen LogP contribution is -2.05. The lowest BCUT2D eigenvalue weighted by atomic mass is 9.63. The SMILES string of the molecule is CCCCCCCCCCCCCCCCCCC(C)CBCC(C)CCCCCCCCCCCCCCCCCC. The predicted octanol–water partition coefficient (Wildman–Crippen LogP) is 15.8. The zero-order chi connectivity index (χ0) is 31.3. The molecule has 0 nitrogen and oxygen atoms in total. The van der Waals surface area contributed by atoms with Crippen LogP contribution in [0, 0.1) is 11.8 Å². The molecule has 2 unspecified atom stereocenters. The quantitative estimate of drug-likeness (QED) is 0.0487. The molecule has 0 aromatic carbocycles. The minimum atomic E-state index is 0.953. The molecular formula is C42H87B. The first kappa shape index (κ1) is 43.1. The Morgan fingerprint density at radius 2 is 0.465 bits per heavy atom. The molecule has 0 amide bonds. The monoisotopic (exact) mass is 603 g/mol. The Balaban J connectivity index is 3.25. The topological polar surface area (TPSA) is 0 Å². The second-order valence-electron chi connectivity index (χ2n) is 15.3. The third-order valence-electron chi connectivity index (χ3n) is 10.5. The highest BCUT2D eigenvalue weighted by Crippen LogP contribution is 2.20. The fourth-order valence-corrected chi connectivity index (χ4v) is 7.19. The van der Waals surface area contributed by atoms with E-state index in [1.54, 1.807) is 0 Å². The largest absolute Gasteiger partial charge is 0.121 e. The van der Waals surface area contributed by atoms with Gasteiger partial charge < -0.3 is 0 Å². The molecule has 0 aliphatic heterocycles. The summed E-state index contributed by atoms with van der Waals surface area (Å²) in [5.41, 5.74) is 0. The maximum absolute atomic E-state index is 2.52. The molecule has 0 saturated heterocycles. The Morgan fingerprint density at radius 3 is 0.674 bits per heavy atom. The number of unbranched alkanes of at least 4 members (excludes halogenated alkanes) is 30. The number of hydrogen-bond donors (Lipinski definition) is 0. The first-order valence-electron chi connectivity index (χ1n) is 21.2. The molecule has 0 N–H and O–H groups in total. The Labute approximate surface area is 277 Å². The summed E-state index contributed by atoms with van der Waals surface area (Å²) >= 11 is 0. The molecule has 258 valence electrons. The molecule has 0 aromatic heterocycles. The zero-order valence-electron chi connectivity index (χ0n) is 31.3. The molecule has 0 aromatic rings. The van der Waals surface area contributed by atoms with Gasteiger partial charge in [-0.15, -0.1) is 0 Å². The van der Waals surface area contributed by atoms with Crippen LogP contribution in [-0.4, -0.2) is 7.28 Å². The van der Waals surface area contributed by atoms with E-state index in [2.05, 4.69) is 27.7 Å². The Kier molecular flexibility index (Phi) is 38.3. The van der Waals surface area contributed by atoms with Crippen LogP contribution in [0.15, 0.2) is 0 Å². The van der Waals surface area contributed by atoms with Gasteiger partial charge in [0.1, 0.15) is 7.28 Å². The molecule has 0 bridgehead atoms. The summed E-state index contributed by atoms with van der Waals surface area (Å²) in [6, 6.07) is 0. The molecule has 0 saturated carbocycles. The molecule has 0 aliphatic rings. The summed E-state index contributed by atoms with van der Waals surface area (Å²) < 4.78 is 0. The van der Waals surface area contributed by atoms with Crippen LogP contribution in [0.2, 0.25) is 12.6 Å². The Morgan fingerprint density at radius 1 is 0.279 bits per heavy atom. The molecule has 0 aliphatic carbocycles. The van der Waals surface area contributed by atoms with Gasteiger partial charge in [0, 0.05) is 0 Å². The molecule has 0 spiro atoms. The standard InChI is InChI=1S/C42H87B/c1-5-7-9-11-13-15-17-19-21-23-25-27-29-31-33-35-37-41(3)39-43-40-42(4)38-36-34-32-30-28-26-24-22-20-18-16-14-12-10-8-6-2/h41-43H,5-40H2,1-4H3. The van der Waals surface area contributed by atoms with Crippen LogP contribution in [0.1, 0.15) is 246 Å². The average Bonchev–Trinajstić information content (AvgIpc) is 3.00. The molecule has 1 heteroatoms. The van der Waals surface area contributed by atoms with Crippen molar-refractivity contribution in [1.29, 1.82) is 0 Å². The van der Waals surface area contributed by atoms with Crippen LogP contribution < -0.4 is 0 Å². The van der Waals surface area contributed by atoms with Crippen molar-refractivity contribution >= 4 is 7.28 Å². The molecule has 0 rings (SSSR count). The van der Waals surface area contributed by atoms with Gasteiger partial charge in [0.05, 0.1) is 0 Å². The highest BCUT2D eigenvalue weighted by atomic mass is 14.1. The van der Waals surface area contributed by atoms with Crippen LogP contribution in [0.25, 0.3) is 0 Å². The van der Waals surface area contributed by atoms with Gasteiger partial charge in [-0.2, -0.15) is 0 Å². The third-order valence-corrected chi connectivity index (χ3v) is 10.5. The minimum Gasteiger partial charge on any atom is -0.0749 e. The van der Waals surface area contributed by atoms with Gasteiger partial charge in [-0.25, -0.2) is 0 Å². The number of hydrogen-bond acceptors (Lipinski definition) is 0. The summed E-state index contributed by atoms with van der Waals surface area (Å²) in [5.74, 6) is 1.91. The summed E-state index contributed by atoms with van der Waals surface area (Å²) in [5, 5.41) is 0. The van der Waals surface area contributed by atoms with E-state index < -0.39 is 0 Å². The van der Waals surface area contributed by atoms with Crippen molar-refractivity contribution < 1.29 is 0 Å². The van der Waals surface area contributed by atoms with Crippen molar-refractivity contribution in [2.75, 3.05) is 0 Å². The van der Waals surface area contributed by atoms with Crippen molar-refractivity contribution in [2.24, 2.45) is 11.8 Å². The fraction of sp³-hybridized carbons (Fsp3) is 1.00. The van der Waals surface area contributed by atoms with Crippen molar-refractivity contribution in [3.05, 3.63) is 0 Å². The first-order chi connectivity index (χ1) is 21.2. The van der Waals surface area contributed by atoms with E-state index in [4.69, 9.17) is 0 Å². The van der Waals surface area contributed by atoms with E-state index in [1.807, 2.05) is 0 Å².